The van der Waals surface area contributed by atoms with Crippen LogP contribution in [0.4, 0.5) is 0 Å². The molecule has 0 aromatic carbocycles. The van der Waals surface area contributed by atoms with Gasteiger partial charge in [-0.3, -0.25) is 0 Å². The summed E-state index contributed by atoms with van der Waals surface area (Å²) >= 11 is 0. The molecule has 1 aliphatic carbocycles. The van der Waals surface area contributed by atoms with Crippen molar-refractivity contribution in [2.24, 2.45) is 11.3 Å². The van der Waals surface area contributed by atoms with Gasteiger partial charge >= 0.3 is 5.97 Å². The molecule has 0 saturated heterocycles. The Kier molecular flexibility index (Phi) is 3.53. The maximum absolute atomic E-state index is 10.4. The first-order valence-electron chi connectivity index (χ1n) is 5.27. The van der Waals surface area contributed by atoms with E-state index in [0.717, 1.165) is 12.8 Å². The van der Waals surface area contributed by atoms with E-state index in [1.54, 1.807) is 0 Å². The van der Waals surface area contributed by atoms with Crippen LogP contribution in [0.5, 0.6) is 0 Å². The number of hydrogen-bond acceptors (Lipinski definition) is 2. The summed E-state index contributed by atoms with van der Waals surface area (Å²) in [6.07, 6.45) is 3.59. The fourth-order valence-corrected chi connectivity index (χ4v) is 2.49. The standard InChI is InChI=1S/C11H20O3/c1-8-5-4-6-11(2,3)10(8)14-7-9(12)13/h8,10H,4-7H2,1-3H3,(H,12,13). The van der Waals surface area contributed by atoms with E-state index in [1.807, 2.05) is 0 Å². The SMILES string of the molecule is CC1CCCC(C)(C)C1OCC(=O)O. The zero-order chi connectivity index (χ0) is 10.8. The van der Waals surface area contributed by atoms with Crippen LogP contribution < -0.4 is 0 Å². The number of ether oxygens (including phenoxy) is 1. The lowest BCUT2D eigenvalue weighted by molar-refractivity contribution is -0.151. The number of carboxylic acids is 1. The maximum atomic E-state index is 10.4. The van der Waals surface area contributed by atoms with Gasteiger partial charge in [0.15, 0.2) is 0 Å². The molecule has 1 saturated carbocycles. The summed E-state index contributed by atoms with van der Waals surface area (Å²) < 4.78 is 5.47. The molecule has 0 aliphatic heterocycles. The second-order valence-electron chi connectivity index (χ2n) is 4.98. The molecular weight excluding hydrogens is 180 g/mol. The molecule has 2 atom stereocenters. The Morgan fingerprint density at radius 3 is 2.71 bits per heavy atom. The van der Waals surface area contributed by atoms with Crippen LogP contribution in [-0.4, -0.2) is 23.8 Å². The predicted molar refractivity (Wildman–Crippen MR) is 54.2 cm³/mol. The third kappa shape index (κ3) is 2.71. The molecule has 0 aromatic rings. The van der Waals surface area contributed by atoms with E-state index < -0.39 is 5.97 Å². The van der Waals surface area contributed by atoms with E-state index in [9.17, 15) is 4.79 Å². The van der Waals surface area contributed by atoms with Crippen LogP contribution in [0.2, 0.25) is 0 Å². The highest BCUT2D eigenvalue weighted by molar-refractivity contribution is 5.68. The van der Waals surface area contributed by atoms with Crippen molar-refractivity contribution in [3.05, 3.63) is 0 Å². The molecule has 82 valence electrons. The Hall–Kier alpha value is -0.570. The van der Waals surface area contributed by atoms with E-state index in [1.165, 1.54) is 6.42 Å². The average Bonchev–Trinajstić information content (AvgIpc) is 2.01. The molecule has 0 spiro atoms. The first-order valence-corrected chi connectivity index (χ1v) is 5.27. The second kappa shape index (κ2) is 4.30. The van der Waals surface area contributed by atoms with Crippen LogP contribution in [-0.2, 0) is 9.53 Å². The molecule has 3 heteroatoms. The molecule has 3 nitrogen and oxygen atoms in total. The fourth-order valence-electron chi connectivity index (χ4n) is 2.49. The highest BCUT2D eigenvalue weighted by atomic mass is 16.5. The minimum Gasteiger partial charge on any atom is -0.480 e. The third-order valence-electron chi connectivity index (χ3n) is 3.15. The lowest BCUT2D eigenvalue weighted by Gasteiger charge is -2.42. The number of rotatable bonds is 3. The molecule has 0 amide bonds. The smallest absolute Gasteiger partial charge is 0.329 e. The van der Waals surface area contributed by atoms with Crippen molar-refractivity contribution in [2.75, 3.05) is 6.61 Å². The zero-order valence-corrected chi connectivity index (χ0v) is 9.25. The van der Waals surface area contributed by atoms with E-state index in [2.05, 4.69) is 20.8 Å². The number of carbonyl (C=O) groups is 1. The van der Waals surface area contributed by atoms with Crippen LogP contribution in [0.25, 0.3) is 0 Å². The topological polar surface area (TPSA) is 46.5 Å². The monoisotopic (exact) mass is 200 g/mol. The van der Waals surface area contributed by atoms with Crippen molar-refractivity contribution < 1.29 is 14.6 Å². The van der Waals surface area contributed by atoms with Gasteiger partial charge in [0.05, 0.1) is 6.10 Å². The predicted octanol–water partition coefficient (Wildman–Crippen LogP) is 2.30. The van der Waals surface area contributed by atoms with Gasteiger partial charge in [-0.1, -0.05) is 27.2 Å². The average molecular weight is 200 g/mol. The lowest BCUT2D eigenvalue weighted by atomic mass is 9.70. The molecule has 1 aliphatic rings. The first-order chi connectivity index (χ1) is 6.43. The molecule has 0 radical (unpaired) electrons. The minimum absolute atomic E-state index is 0.0901. The third-order valence-corrected chi connectivity index (χ3v) is 3.15. The van der Waals surface area contributed by atoms with Gasteiger partial charge in [0.1, 0.15) is 6.61 Å². The Balaban J connectivity index is 2.56. The van der Waals surface area contributed by atoms with Gasteiger partial charge < -0.3 is 9.84 Å². The maximum Gasteiger partial charge on any atom is 0.329 e. The van der Waals surface area contributed by atoms with Crippen LogP contribution in [0.3, 0.4) is 0 Å². The van der Waals surface area contributed by atoms with Crippen LogP contribution in [0.15, 0.2) is 0 Å². The van der Waals surface area contributed by atoms with Crippen molar-refractivity contribution in [2.45, 2.75) is 46.1 Å². The molecule has 0 heterocycles. The summed E-state index contributed by atoms with van der Waals surface area (Å²) in [6, 6.07) is 0. The second-order valence-corrected chi connectivity index (χ2v) is 4.98. The summed E-state index contributed by atoms with van der Waals surface area (Å²) in [5, 5.41) is 8.58. The van der Waals surface area contributed by atoms with Gasteiger partial charge in [-0.05, 0) is 24.2 Å². The summed E-state index contributed by atoms with van der Waals surface area (Å²) in [6.45, 7) is 6.30. The fraction of sp³-hybridized carbons (Fsp3) is 0.909. The first kappa shape index (κ1) is 11.5. The quantitative estimate of drug-likeness (QED) is 0.760. The molecule has 2 unspecified atom stereocenters. The van der Waals surface area contributed by atoms with Crippen LogP contribution >= 0.6 is 0 Å². The van der Waals surface area contributed by atoms with Gasteiger partial charge in [-0.15, -0.1) is 0 Å². The van der Waals surface area contributed by atoms with Crippen molar-refractivity contribution in [1.82, 2.24) is 0 Å². The normalized spacial score (nSPS) is 31.4. The van der Waals surface area contributed by atoms with Crippen molar-refractivity contribution in [3.8, 4) is 0 Å². The van der Waals surface area contributed by atoms with E-state index in [0.29, 0.717) is 5.92 Å². The van der Waals surface area contributed by atoms with Crippen LogP contribution in [0.1, 0.15) is 40.0 Å². The van der Waals surface area contributed by atoms with Crippen molar-refractivity contribution >= 4 is 5.97 Å². The summed E-state index contributed by atoms with van der Waals surface area (Å²) in [7, 11) is 0. The van der Waals surface area contributed by atoms with Gasteiger partial charge in [0.2, 0.25) is 0 Å². The molecule has 14 heavy (non-hydrogen) atoms. The molecule has 1 rings (SSSR count). The summed E-state index contributed by atoms with van der Waals surface area (Å²) in [5.74, 6) is -0.406. The van der Waals surface area contributed by atoms with E-state index in [-0.39, 0.29) is 18.1 Å². The minimum atomic E-state index is -0.876. The molecular formula is C11H20O3. The molecule has 0 bridgehead atoms. The summed E-state index contributed by atoms with van der Waals surface area (Å²) in [4.78, 5) is 10.4. The Labute approximate surface area is 85.5 Å². The Morgan fingerprint density at radius 1 is 1.57 bits per heavy atom. The molecule has 0 aromatic heterocycles. The van der Waals surface area contributed by atoms with Gasteiger partial charge in [-0.2, -0.15) is 0 Å². The van der Waals surface area contributed by atoms with Crippen molar-refractivity contribution in [3.63, 3.8) is 0 Å². The number of hydrogen-bond donors (Lipinski definition) is 1. The van der Waals surface area contributed by atoms with Gasteiger partial charge in [0.25, 0.3) is 0 Å². The summed E-state index contributed by atoms with van der Waals surface area (Å²) in [5.41, 5.74) is 0.118. The van der Waals surface area contributed by atoms with Gasteiger partial charge in [0, 0.05) is 0 Å². The molecule has 1 N–H and O–H groups in total. The van der Waals surface area contributed by atoms with Crippen molar-refractivity contribution in [1.29, 1.82) is 0 Å². The largest absolute Gasteiger partial charge is 0.480 e. The number of aliphatic carboxylic acids is 1. The van der Waals surface area contributed by atoms with E-state index >= 15 is 0 Å². The lowest BCUT2D eigenvalue weighted by Crippen LogP contribution is -2.41. The molecule has 1 fully saturated rings. The number of carboxylic acid groups (broad SMARTS) is 1. The zero-order valence-electron chi connectivity index (χ0n) is 9.25. The highest BCUT2D eigenvalue weighted by Crippen LogP contribution is 2.40. The highest BCUT2D eigenvalue weighted by Gasteiger charge is 2.37. The van der Waals surface area contributed by atoms with Gasteiger partial charge in [-0.25, -0.2) is 4.79 Å². The Morgan fingerprint density at radius 2 is 2.21 bits per heavy atom. The van der Waals surface area contributed by atoms with E-state index in [4.69, 9.17) is 9.84 Å². The Bertz CT molecular complexity index is 211. The van der Waals surface area contributed by atoms with Crippen LogP contribution in [0, 0.1) is 11.3 Å².